The third kappa shape index (κ3) is 14.6. The molecule has 0 amide bonds. The lowest BCUT2D eigenvalue weighted by Crippen LogP contribution is -2.33. The quantitative estimate of drug-likeness (QED) is 0.178. The molecule has 0 aliphatic rings. The fourth-order valence-corrected chi connectivity index (χ4v) is 4.92. The highest BCUT2D eigenvalue weighted by Crippen LogP contribution is 2.18. The number of hydrogen-bond acceptors (Lipinski definition) is 1. The summed E-state index contributed by atoms with van der Waals surface area (Å²) in [6.07, 6.45) is 17.8. The molecule has 126 valence electrons. The highest BCUT2D eigenvalue weighted by Gasteiger charge is 2.22. The molecule has 1 unspecified atom stereocenters. The molecule has 0 aromatic rings. The second-order valence-corrected chi connectivity index (χ2v) is 11.3. The molecule has 0 fully saturated rings. The Bertz CT molecular complexity index is 238. The molecular weight excluding hydrogens is 272 g/mol. The third-order valence-electron chi connectivity index (χ3n) is 4.12. The molecule has 0 saturated carbocycles. The molecule has 0 saturated heterocycles. The van der Waals surface area contributed by atoms with Gasteiger partial charge in [-0.25, -0.2) is 0 Å². The van der Waals surface area contributed by atoms with E-state index in [-0.39, 0.29) is 0 Å². The van der Waals surface area contributed by atoms with Gasteiger partial charge in [0.1, 0.15) is 0 Å². The van der Waals surface area contributed by atoms with E-state index in [9.17, 15) is 0 Å². The first kappa shape index (κ1) is 20.9. The highest BCUT2D eigenvalue weighted by atomic mass is 28.4. The van der Waals surface area contributed by atoms with Gasteiger partial charge in [0, 0.05) is 6.10 Å². The molecule has 0 aliphatic heterocycles. The maximum absolute atomic E-state index is 6.23. The standard InChI is InChI=1S/C19H40OSi/c1-6-8-9-10-11-12-13-14-15-16-17-19(3)20-21(4,5)18-7-2/h7,19H,2,6,8-18H2,1,3-5H3. The largest absolute Gasteiger partial charge is 0.414 e. The minimum atomic E-state index is -1.48. The molecule has 0 radical (unpaired) electrons. The zero-order valence-corrected chi connectivity index (χ0v) is 16.3. The Balaban J connectivity index is 3.36. The molecule has 0 bridgehead atoms. The van der Waals surface area contributed by atoms with E-state index in [1.807, 2.05) is 6.08 Å². The molecule has 0 aliphatic carbocycles. The van der Waals surface area contributed by atoms with Gasteiger partial charge in [0.2, 0.25) is 0 Å². The minimum absolute atomic E-state index is 0.431. The van der Waals surface area contributed by atoms with Crippen molar-refractivity contribution in [1.82, 2.24) is 0 Å². The summed E-state index contributed by atoms with van der Waals surface area (Å²) in [5.41, 5.74) is 0. The van der Waals surface area contributed by atoms with Crippen LogP contribution in [0.2, 0.25) is 19.1 Å². The van der Waals surface area contributed by atoms with Crippen LogP contribution in [0.4, 0.5) is 0 Å². The van der Waals surface area contributed by atoms with E-state index < -0.39 is 8.32 Å². The molecule has 21 heavy (non-hydrogen) atoms. The van der Waals surface area contributed by atoms with Crippen LogP contribution in [0.1, 0.15) is 84.5 Å². The predicted octanol–water partition coefficient (Wildman–Crippen LogP) is 7.09. The van der Waals surface area contributed by atoms with Crippen LogP contribution in [0.5, 0.6) is 0 Å². The number of unbranched alkanes of at least 4 members (excludes halogenated alkanes) is 9. The summed E-state index contributed by atoms with van der Waals surface area (Å²) >= 11 is 0. The van der Waals surface area contributed by atoms with Crippen molar-refractivity contribution in [3.63, 3.8) is 0 Å². The lowest BCUT2D eigenvalue weighted by molar-refractivity contribution is 0.197. The minimum Gasteiger partial charge on any atom is -0.414 e. The number of allylic oxidation sites excluding steroid dienone is 1. The van der Waals surface area contributed by atoms with Gasteiger partial charge in [-0.05, 0) is 32.5 Å². The molecule has 2 heteroatoms. The normalized spacial score (nSPS) is 13.3. The predicted molar refractivity (Wildman–Crippen MR) is 99.5 cm³/mol. The fraction of sp³-hybridized carbons (Fsp3) is 0.895. The van der Waals surface area contributed by atoms with Gasteiger partial charge in [0.15, 0.2) is 8.32 Å². The SMILES string of the molecule is C=CC[Si](C)(C)OC(C)CCCCCCCCCCCC. The molecule has 0 rings (SSSR count). The van der Waals surface area contributed by atoms with Crippen LogP contribution >= 0.6 is 0 Å². The molecule has 1 nitrogen and oxygen atoms in total. The zero-order chi connectivity index (χ0) is 16.0. The van der Waals surface area contributed by atoms with E-state index in [0.717, 1.165) is 6.04 Å². The Hall–Kier alpha value is -0.0831. The Morgan fingerprint density at radius 3 is 1.86 bits per heavy atom. The van der Waals surface area contributed by atoms with Crippen LogP contribution in [0, 0.1) is 0 Å². The van der Waals surface area contributed by atoms with Crippen molar-refractivity contribution in [2.45, 2.75) is 110 Å². The Morgan fingerprint density at radius 2 is 1.38 bits per heavy atom. The summed E-state index contributed by atoms with van der Waals surface area (Å²) in [7, 11) is -1.48. The maximum Gasteiger partial charge on any atom is 0.190 e. The maximum atomic E-state index is 6.23. The Morgan fingerprint density at radius 1 is 0.905 bits per heavy atom. The molecular formula is C19H40OSi. The smallest absolute Gasteiger partial charge is 0.190 e. The fourth-order valence-electron chi connectivity index (χ4n) is 2.92. The van der Waals surface area contributed by atoms with E-state index in [0.29, 0.717) is 6.10 Å². The molecule has 1 atom stereocenters. The average Bonchev–Trinajstić information content (AvgIpc) is 2.40. The molecule has 0 aromatic heterocycles. The van der Waals surface area contributed by atoms with Crippen molar-refractivity contribution >= 4 is 8.32 Å². The van der Waals surface area contributed by atoms with Crippen LogP contribution in [0.15, 0.2) is 12.7 Å². The Labute approximate surface area is 135 Å². The zero-order valence-electron chi connectivity index (χ0n) is 15.3. The van der Waals surface area contributed by atoms with Gasteiger partial charge in [-0.15, -0.1) is 6.58 Å². The second kappa shape index (κ2) is 13.6. The van der Waals surface area contributed by atoms with Crippen LogP contribution in [0.25, 0.3) is 0 Å². The van der Waals surface area contributed by atoms with Crippen LogP contribution < -0.4 is 0 Å². The second-order valence-electron chi connectivity index (χ2n) is 7.15. The van der Waals surface area contributed by atoms with E-state index >= 15 is 0 Å². The van der Waals surface area contributed by atoms with Gasteiger partial charge in [-0.3, -0.25) is 0 Å². The molecule has 0 aromatic carbocycles. The van der Waals surface area contributed by atoms with Crippen molar-refractivity contribution in [1.29, 1.82) is 0 Å². The first-order chi connectivity index (χ1) is 10.0. The van der Waals surface area contributed by atoms with Crippen LogP contribution in [0.3, 0.4) is 0 Å². The van der Waals surface area contributed by atoms with Crippen LogP contribution in [-0.4, -0.2) is 14.4 Å². The van der Waals surface area contributed by atoms with Crippen molar-refractivity contribution in [3.05, 3.63) is 12.7 Å². The average molecular weight is 313 g/mol. The van der Waals surface area contributed by atoms with Crippen molar-refractivity contribution in [3.8, 4) is 0 Å². The van der Waals surface area contributed by atoms with Gasteiger partial charge in [-0.1, -0.05) is 77.2 Å². The first-order valence-electron chi connectivity index (χ1n) is 9.30. The first-order valence-corrected chi connectivity index (χ1v) is 12.4. The third-order valence-corrected chi connectivity index (χ3v) is 6.43. The van der Waals surface area contributed by atoms with Gasteiger partial charge < -0.3 is 4.43 Å². The van der Waals surface area contributed by atoms with E-state index in [2.05, 4.69) is 33.5 Å². The lowest BCUT2D eigenvalue weighted by Gasteiger charge is -2.26. The summed E-state index contributed by atoms with van der Waals surface area (Å²) in [6.45, 7) is 13.0. The van der Waals surface area contributed by atoms with Gasteiger partial charge >= 0.3 is 0 Å². The monoisotopic (exact) mass is 312 g/mol. The van der Waals surface area contributed by atoms with E-state index in [1.165, 1.54) is 70.6 Å². The molecule has 0 spiro atoms. The van der Waals surface area contributed by atoms with E-state index in [1.54, 1.807) is 0 Å². The lowest BCUT2D eigenvalue weighted by atomic mass is 10.1. The summed E-state index contributed by atoms with van der Waals surface area (Å²) in [4.78, 5) is 0. The topological polar surface area (TPSA) is 9.23 Å². The summed E-state index contributed by atoms with van der Waals surface area (Å²) in [5.74, 6) is 0. The number of hydrogen-bond donors (Lipinski definition) is 0. The van der Waals surface area contributed by atoms with Crippen LogP contribution in [-0.2, 0) is 4.43 Å². The number of rotatable bonds is 15. The molecule has 0 heterocycles. The summed E-state index contributed by atoms with van der Waals surface area (Å²) in [5, 5.41) is 0. The summed E-state index contributed by atoms with van der Waals surface area (Å²) in [6, 6.07) is 1.06. The van der Waals surface area contributed by atoms with Gasteiger partial charge in [0.25, 0.3) is 0 Å². The Kier molecular flexibility index (Phi) is 13.5. The highest BCUT2D eigenvalue weighted by molar-refractivity contribution is 6.71. The van der Waals surface area contributed by atoms with E-state index in [4.69, 9.17) is 4.43 Å². The van der Waals surface area contributed by atoms with Crippen molar-refractivity contribution < 1.29 is 4.43 Å². The van der Waals surface area contributed by atoms with Gasteiger partial charge in [-0.2, -0.15) is 0 Å². The molecule has 0 N–H and O–H groups in total. The van der Waals surface area contributed by atoms with Gasteiger partial charge in [0.05, 0.1) is 0 Å². The van der Waals surface area contributed by atoms with Crippen molar-refractivity contribution in [2.24, 2.45) is 0 Å². The van der Waals surface area contributed by atoms with Crippen molar-refractivity contribution in [2.75, 3.05) is 0 Å². The summed E-state index contributed by atoms with van der Waals surface area (Å²) < 4.78 is 6.23.